The van der Waals surface area contributed by atoms with E-state index >= 15 is 0 Å². The Labute approximate surface area is 82.0 Å². The van der Waals surface area contributed by atoms with Gasteiger partial charge in [0.15, 0.2) is 0 Å². The van der Waals surface area contributed by atoms with E-state index in [1.807, 2.05) is 0 Å². The number of ether oxygens (including phenoxy) is 1. The van der Waals surface area contributed by atoms with Gasteiger partial charge in [0.1, 0.15) is 5.75 Å². The van der Waals surface area contributed by atoms with Crippen molar-refractivity contribution in [2.45, 2.75) is 6.92 Å². The molecule has 0 saturated heterocycles. The topological polar surface area (TPSA) is 43.4 Å². The molecule has 14 heavy (non-hydrogen) atoms. The monoisotopic (exact) mass is 189 g/mol. The summed E-state index contributed by atoms with van der Waals surface area (Å²) in [6, 6.07) is 6.94. The average molecular weight is 189 g/mol. The van der Waals surface area contributed by atoms with Crippen LogP contribution in [0.3, 0.4) is 0 Å². The Morgan fingerprint density at radius 1 is 1.43 bits per heavy atom. The second kappa shape index (κ2) is 4.97. The maximum Gasteiger partial charge on any atom is 0.308 e. The van der Waals surface area contributed by atoms with Crippen LogP contribution in [0, 0.1) is 0 Å². The number of allylic oxidation sites excluding steroid dienone is 1. The van der Waals surface area contributed by atoms with E-state index < -0.39 is 0 Å². The van der Waals surface area contributed by atoms with Crippen LogP contribution in [-0.4, -0.2) is 12.3 Å². The van der Waals surface area contributed by atoms with Crippen molar-refractivity contribution in [1.82, 2.24) is 0 Å². The Morgan fingerprint density at radius 3 is 2.79 bits per heavy atom. The number of para-hydroxylation sites is 1. The summed E-state index contributed by atoms with van der Waals surface area (Å²) >= 11 is 0. The standard InChI is InChI=1S/C11H9O3/c1-9(13)14-11-7-3-2-5-10(11)6-4-8-12/h2-7H,1H3. The molecule has 0 aliphatic rings. The molecule has 0 aliphatic carbocycles. The van der Waals surface area contributed by atoms with Gasteiger partial charge in [-0.25, -0.2) is 0 Å². The largest absolute Gasteiger partial charge is 0.426 e. The molecule has 3 heteroatoms. The Kier molecular flexibility index (Phi) is 3.61. The maximum atomic E-state index is 10.7. The molecule has 0 fully saturated rings. The van der Waals surface area contributed by atoms with E-state index in [-0.39, 0.29) is 5.97 Å². The molecule has 0 bridgehead atoms. The van der Waals surface area contributed by atoms with Gasteiger partial charge in [0.25, 0.3) is 0 Å². The van der Waals surface area contributed by atoms with Gasteiger partial charge in [-0.3, -0.25) is 9.59 Å². The molecule has 0 spiro atoms. The molecule has 1 aromatic rings. The molecule has 0 aliphatic heterocycles. The highest BCUT2D eigenvalue weighted by atomic mass is 16.5. The van der Waals surface area contributed by atoms with Crippen molar-refractivity contribution in [3.05, 3.63) is 35.9 Å². The quantitative estimate of drug-likeness (QED) is 0.413. The van der Waals surface area contributed by atoms with Crippen molar-refractivity contribution >= 4 is 18.3 Å². The van der Waals surface area contributed by atoms with Crippen molar-refractivity contribution in [3.63, 3.8) is 0 Å². The Hall–Kier alpha value is -1.90. The van der Waals surface area contributed by atoms with Gasteiger partial charge in [-0.1, -0.05) is 18.2 Å². The highest BCUT2D eigenvalue weighted by Gasteiger charge is 2.01. The molecular weight excluding hydrogens is 180 g/mol. The fraction of sp³-hybridized carbons (Fsp3) is 0.0909. The van der Waals surface area contributed by atoms with Gasteiger partial charge in [0, 0.05) is 12.5 Å². The summed E-state index contributed by atoms with van der Waals surface area (Å²) in [5.41, 5.74) is 0.672. The first-order valence-corrected chi connectivity index (χ1v) is 4.05. The van der Waals surface area contributed by atoms with Crippen molar-refractivity contribution in [3.8, 4) is 5.75 Å². The van der Waals surface area contributed by atoms with Crippen LogP contribution >= 0.6 is 0 Å². The van der Waals surface area contributed by atoms with Crippen LogP contribution in [0.5, 0.6) is 5.75 Å². The van der Waals surface area contributed by atoms with Crippen molar-refractivity contribution < 1.29 is 14.3 Å². The summed E-state index contributed by atoms with van der Waals surface area (Å²) in [5.74, 6) is 0.0485. The zero-order valence-corrected chi connectivity index (χ0v) is 7.69. The van der Waals surface area contributed by atoms with Gasteiger partial charge in [0.2, 0.25) is 6.29 Å². The fourth-order valence-electron chi connectivity index (χ4n) is 0.990. The van der Waals surface area contributed by atoms with Crippen molar-refractivity contribution in [2.75, 3.05) is 0 Å². The normalized spacial score (nSPS) is 10.1. The number of hydrogen-bond donors (Lipinski definition) is 0. The molecule has 1 rings (SSSR count). The number of carbonyl (C=O) groups is 1. The van der Waals surface area contributed by atoms with E-state index in [1.54, 1.807) is 30.6 Å². The van der Waals surface area contributed by atoms with Crippen LogP contribution < -0.4 is 4.74 Å². The predicted octanol–water partition coefficient (Wildman–Crippen LogP) is 1.73. The lowest BCUT2D eigenvalue weighted by Crippen LogP contribution is -2.02. The zero-order valence-electron chi connectivity index (χ0n) is 7.69. The van der Waals surface area contributed by atoms with Gasteiger partial charge in [-0.15, -0.1) is 0 Å². The maximum absolute atomic E-state index is 10.7. The first-order chi connectivity index (χ1) is 6.74. The van der Waals surface area contributed by atoms with E-state index in [9.17, 15) is 9.59 Å². The van der Waals surface area contributed by atoms with Gasteiger partial charge in [0.05, 0.1) is 0 Å². The molecule has 0 unspecified atom stereocenters. The van der Waals surface area contributed by atoms with E-state index in [0.717, 1.165) is 0 Å². The molecule has 0 amide bonds. The summed E-state index contributed by atoms with van der Waals surface area (Å²) in [6.07, 6.45) is 4.38. The zero-order chi connectivity index (χ0) is 10.4. The number of hydrogen-bond acceptors (Lipinski definition) is 3. The molecule has 0 N–H and O–H groups in total. The number of benzene rings is 1. The Morgan fingerprint density at radius 2 is 2.14 bits per heavy atom. The highest BCUT2D eigenvalue weighted by molar-refractivity contribution is 5.77. The summed E-state index contributed by atoms with van der Waals surface area (Å²) in [4.78, 5) is 20.7. The van der Waals surface area contributed by atoms with Crippen LogP contribution in [0.25, 0.3) is 6.08 Å². The number of carbonyl (C=O) groups excluding carboxylic acids is 2. The summed E-state index contributed by atoms with van der Waals surface area (Å²) in [5, 5.41) is 0. The third-order valence-corrected chi connectivity index (χ3v) is 1.50. The van der Waals surface area contributed by atoms with Crippen LogP contribution in [0.4, 0.5) is 0 Å². The van der Waals surface area contributed by atoms with E-state index in [4.69, 9.17) is 4.74 Å². The lowest BCUT2D eigenvalue weighted by Gasteiger charge is -2.03. The molecule has 1 aromatic carbocycles. The Balaban J connectivity index is 2.96. The third kappa shape index (κ3) is 2.86. The molecule has 71 valence electrons. The number of rotatable bonds is 3. The SMILES string of the molecule is CC(=O)Oc1ccccc1C=C[C]=O. The van der Waals surface area contributed by atoms with E-state index in [2.05, 4.69) is 0 Å². The van der Waals surface area contributed by atoms with Gasteiger partial charge >= 0.3 is 5.97 Å². The average Bonchev–Trinajstić information content (AvgIpc) is 2.16. The predicted molar refractivity (Wildman–Crippen MR) is 52.5 cm³/mol. The van der Waals surface area contributed by atoms with Crippen molar-refractivity contribution in [2.24, 2.45) is 0 Å². The number of esters is 1. The molecular formula is C11H9O3. The third-order valence-electron chi connectivity index (χ3n) is 1.50. The minimum atomic E-state index is -0.388. The fourth-order valence-corrected chi connectivity index (χ4v) is 0.990. The van der Waals surface area contributed by atoms with Crippen molar-refractivity contribution in [1.29, 1.82) is 0 Å². The van der Waals surface area contributed by atoms with E-state index in [1.165, 1.54) is 19.1 Å². The van der Waals surface area contributed by atoms with E-state index in [0.29, 0.717) is 11.3 Å². The minimum absolute atomic E-state index is 0.388. The minimum Gasteiger partial charge on any atom is -0.426 e. The van der Waals surface area contributed by atoms with Crippen LogP contribution in [-0.2, 0) is 9.59 Å². The lowest BCUT2D eigenvalue weighted by molar-refractivity contribution is -0.131. The summed E-state index contributed by atoms with van der Waals surface area (Å²) in [7, 11) is 0. The first kappa shape index (κ1) is 10.2. The smallest absolute Gasteiger partial charge is 0.308 e. The highest BCUT2D eigenvalue weighted by Crippen LogP contribution is 2.19. The Bertz CT molecular complexity index is 367. The lowest BCUT2D eigenvalue weighted by atomic mass is 10.2. The molecule has 0 atom stereocenters. The first-order valence-electron chi connectivity index (χ1n) is 4.05. The second-order valence-corrected chi connectivity index (χ2v) is 2.58. The molecule has 0 heterocycles. The summed E-state index contributed by atoms with van der Waals surface area (Å²) in [6.45, 7) is 1.33. The second-order valence-electron chi connectivity index (χ2n) is 2.58. The van der Waals surface area contributed by atoms with Gasteiger partial charge in [-0.2, -0.15) is 0 Å². The van der Waals surface area contributed by atoms with Gasteiger partial charge in [-0.05, 0) is 18.2 Å². The summed E-state index contributed by atoms with van der Waals surface area (Å²) < 4.78 is 4.92. The van der Waals surface area contributed by atoms with Gasteiger partial charge < -0.3 is 4.74 Å². The van der Waals surface area contributed by atoms with Crippen LogP contribution in [0.15, 0.2) is 30.3 Å². The molecule has 0 aromatic heterocycles. The van der Waals surface area contributed by atoms with Crippen LogP contribution in [0.1, 0.15) is 12.5 Å². The molecule has 0 saturated carbocycles. The molecule has 1 radical (unpaired) electrons. The van der Waals surface area contributed by atoms with Crippen LogP contribution in [0.2, 0.25) is 0 Å². The molecule has 3 nitrogen and oxygen atoms in total.